The molecule has 188 valence electrons. The van der Waals surface area contributed by atoms with Crippen LogP contribution in [0.4, 0.5) is 15.8 Å². The summed E-state index contributed by atoms with van der Waals surface area (Å²) in [5.74, 6) is -0.717. The molecule has 5 rings (SSSR count). The van der Waals surface area contributed by atoms with Gasteiger partial charge in [0.1, 0.15) is 18.5 Å². The maximum atomic E-state index is 13.9. The Balaban J connectivity index is 1.57. The molecular formula is C27H23ClFN5O2S. The first-order valence-electron chi connectivity index (χ1n) is 11.5. The number of carbonyl (C=O) groups is 1. The summed E-state index contributed by atoms with van der Waals surface area (Å²) in [6.45, 7) is -0.0277. The molecule has 2 atom stereocenters. The number of ether oxygens (including phenoxy) is 1. The van der Waals surface area contributed by atoms with Crippen molar-refractivity contribution in [1.29, 1.82) is 0 Å². The minimum atomic E-state index is -0.478. The maximum Gasteiger partial charge on any atom is 0.250 e. The minimum Gasteiger partial charge on any atom is -0.375 e. The first kappa shape index (κ1) is 24.9. The fourth-order valence-corrected chi connectivity index (χ4v) is 4.99. The van der Waals surface area contributed by atoms with Gasteiger partial charge in [-0.2, -0.15) is 0 Å². The number of amides is 1. The molecule has 1 amide bonds. The summed E-state index contributed by atoms with van der Waals surface area (Å²) in [5, 5.41) is 6.80. The Hall–Kier alpha value is -3.79. The Morgan fingerprint density at radius 1 is 1.14 bits per heavy atom. The van der Waals surface area contributed by atoms with Crippen molar-refractivity contribution in [1.82, 2.24) is 14.9 Å². The fourth-order valence-electron chi connectivity index (χ4n) is 4.47. The molecule has 1 fully saturated rings. The van der Waals surface area contributed by atoms with E-state index in [2.05, 4.69) is 15.6 Å². The molecule has 10 heteroatoms. The lowest BCUT2D eigenvalue weighted by molar-refractivity contribution is -0.119. The molecule has 1 aliphatic heterocycles. The van der Waals surface area contributed by atoms with E-state index in [1.165, 1.54) is 13.2 Å². The second kappa shape index (κ2) is 10.7. The Kier molecular flexibility index (Phi) is 7.18. The summed E-state index contributed by atoms with van der Waals surface area (Å²) >= 11 is 11.9. The van der Waals surface area contributed by atoms with Gasteiger partial charge in [0.05, 0.1) is 16.8 Å². The molecule has 0 aliphatic carbocycles. The van der Waals surface area contributed by atoms with Crippen LogP contribution in [0.2, 0.25) is 5.02 Å². The number of nitrogens with zero attached hydrogens (tertiary/aromatic N) is 3. The number of methoxy groups -OCH3 is 1. The van der Waals surface area contributed by atoms with E-state index in [0.717, 1.165) is 22.8 Å². The minimum absolute atomic E-state index is 0.0277. The van der Waals surface area contributed by atoms with E-state index in [1.54, 1.807) is 18.3 Å². The standard InChI is InChI=1S/C27H23ClFN5O2S/c1-36-16-24(35)31-17-7-9-18(10-8-17)34-26(25(32-27(34)37)22-5-2-3-13-30-22)23-6-4-14-33(23)19-11-12-21(29)20(28)15-19/h2-15,25-26H,16H2,1H3,(H,31,35)(H,32,37)/t25-,26+/m0/s1. The van der Waals surface area contributed by atoms with Crippen molar-refractivity contribution < 1.29 is 13.9 Å². The van der Waals surface area contributed by atoms with Crippen molar-refractivity contribution >= 4 is 46.2 Å². The summed E-state index contributed by atoms with van der Waals surface area (Å²) in [5.41, 5.74) is 3.93. The van der Waals surface area contributed by atoms with Crippen molar-refractivity contribution in [3.05, 3.63) is 107 Å². The maximum absolute atomic E-state index is 13.9. The van der Waals surface area contributed by atoms with E-state index < -0.39 is 5.82 Å². The highest BCUT2D eigenvalue weighted by Crippen LogP contribution is 2.42. The Morgan fingerprint density at radius 2 is 1.92 bits per heavy atom. The first-order valence-corrected chi connectivity index (χ1v) is 12.3. The van der Waals surface area contributed by atoms with Gasteiger partial charge in [0.15, 0.2) is 5.11 Å². The van der Waals surface area contributed by atoms with Gasteiger partial charge in [0, 0.05) is 42.3 Å². The number of aromatic nitrogens is 2. The number of nitrogens with one attached hydrogen (secondary N) is 2. The number of hydrogen-bond donors (Lipinski definition) is 2. The molecule has 2 aromatic carbocycles. The summed E-state index contributed by atoms with van der Waals surface area (Å²) in [4.78, 5) is 18.5. The van der Waals surface area contributed by atoms with E-state index in [1.807, 2.05) is 70.3 Å². The van der Waals surface area contributed by atoms with Crippen LogP contribution in [0.15, 0.2) is 85.2 Å². The summed E-state index contributed by atoms with van der Waals surface area (Å²) in [7, 11) is 1.47. The number of anilines is 2. The van der Waals surface area contributed by atoms with Gasteiger partial charge in [-0.25, -0.2) is 4.39 Å². The largest absolute Gasteiger partial charge is 0.375 e. The number of pyridine rings is 1. The molecule has 0 spiro atoms. The third kappa shape index (κ3) is 5.06. The van der Waals surface area contributed by atoms with Crippen LogP contribution in [0.25, 0.3) is 5.69 Å². The third-order valence-electron chi connectivity index (χ3n) is 6.07. The Labute approximate surface area is 223 Å². The second-order valence-electron chi connectivity index (χ2n) is 8.43. The van der Waals surface area contributed by atoms with E-state index in [-0.39, 0.29) is 29.6 Å². The first-order chi connectivity index (χ1) is 18.0. The van der Waals surface area contributed by atoms with Crippen LogP contribution in [0.1, 0.15) is 23.5 Å². The van der Waals surface area contributed by atoms with Gasteiger partial charge in [-0.05, 0) is 78.9 Å². The third-order valence-corrected chi connectivity index (χ3v) is 6.67. The van der Waals surface area contributed by atoms with E-state index >= 15 is 0 Å². The molecule has 0 bridgehead atoms. The molecule has 2 aromatic heterocycles. The SMILES string of the molecule is COCC(=O)Nc1ccc(N2C(=S)N[C@@H](c3ccccn3)[C@H]2c2cccn2-c2ccc(F)c(Cl)c2)cc1. The smallest absolute Gasteiger partial charge is 0.250 e. The van der Waals surface area contributed by atoms with Crippen LogP contribution < -0.4 is 15.5 Å². The zero-order chi connectivity index (χ0) is 25.9. The summed E-state index contributed by atoms with van der Waals surface area (Å²) < 4.78 is 20.7. The number of hydrogen-bond acceptors (Lipinski definition) is 4. The molecular weight excluding hydrogens is 513 g/mol. The summed E-state index contributed by atoms with van der Waals surface area (Å²) in [6, 6.07) is 21.2. The number of carbonyl (C=O) groups excluding carboxylic acids is 1. The molecule has 1 saturated heterocycles. The second-order valence-corrected chi connectivity index (χ2v) is 9.22. The molecule has 1 aliphatic rings. The normalized spacial score (nSPS) is 17.1. The van der Waals surface area contributed by atoms with Crippen LogP contribution in [0, 0.1) is 5.82 Å². The molecule has 0 unspecified atom stereocenters. The Bertz CT molecular complexity index is 1430. The predicted octanol–water partition coefficient (Wildman–Crippen LogP) is 5.43. The van der Waals surface area contributed by atoms with Gasteiger partial charge < -0.3 is 24.8 Å². The van der Waals surface area contributed by atoms with Gasteiger partial charge in [-0.15, -0.1) is 0 Å². The number of halogens is 2. The van der Waals surface area contributed by atoms with Crippen molar-refractivity contribution in [2.75, 3.05) is 23.9 Å². The highest BCUT2D eigenvalue weighted by atomic mass is 35.5. The monoisotopic (exact) mass is 535 g/mol. The van der Waals surface area contributed by atoms with Gasteiger partial charge in [0.2, 0.25) is 5.91 Å². The van der Waals surface area contributed by atoms with Crippen LogP contribution >= 0.6 is 23.8 Å². The fraction of sp³-hybridized carbons (Fsp3) is 0.148. The summed E-state index contributed by atoms with van der Waals surface area (Å²) in [6.07, 6.45) is 3.65. The molecule has 0 radical (unpaired) electrons. The lowest BCUT2D eigenvalue weighted by Gasteiger charge is -2.29. The van der Waals surface area contributed by atoms with Crippen molar-refractivity contribution in [2.24, 2.45) is 0 Å². The van der Waals surface area contributed by atoms with Gasteiger partial charge >= 0.3 is 0 Å². The molecule has 4 aromatic rings. The van der Waals surface area contributed by atoms with Crippen LogP contribution in [0.5, 0.6) is 0 Å². The van der Waals surface area contributed by atoms with E-state index in [4.69, 9.17) is 28.6 Å². The zero-order valence-corrected chi connectivity index (χ0v) is 21.3. The number of thiocarbonyl (C=S) groups is 1. The van der Waals surface area contributed by atoms with Gasteiger partial charge in [0.25, 0.3) is 0 Å². The molecule has 2 N–H and O–H groups in total. The molecule has 7 nitrogen and oxygen atoms in total. The zero-order valence-electron chi connectivity index (χ0n) is 19.8. The molecule has 37 heavy (non-hydrogen) atoms. The van der Waals surface area contributed by atoms with E-state index in [9.17, 15) is 9.18 Å². The number of benzene rings is 2. The molecule has 0 saturated carbocycles. The molecule has 3 heterocycles. The van der Waals surface area contributed by atoms with Crippen LogP contribution in [-0.2, 0) is 9.53 Å². The van der Waals surface area contributed by atoms with Crippen LogP contribution in [-0.4, -0.2) is 34.3 Å². The Morgan fingerprint density at radius 3 is 2.62 bits per heavy atom. The van der Waals surface area contributed by atoms with Crippen molar-refractivity contribution in [3.8, 4) is 5.69 Å². The lowest BCUT2D eigenvalue weighted by atomic mass is 10.0. The quantitative estimate of drug-likeness (QED) is 0.308. The predicted molar refractivity (Wildman–Crippen MR) is 146 cm³/mol. The topological polar surface area (TPSA) is 71.4 Å². The van der Waals surface area contributed by atoms with Crippen LogP contribution in [0.3, 0.4) is 0 Å². The lowest BCUT2D eigenvalue weighted by Crippen LogP contribution is -2.30. The van der Waals surface area contributed by atoms with Gasteiger partial charge in [-0.1, -0.05) is 17.7 Å². The highest BCUT2D eigenvalue weighted by molar-refractivity contribution is 7.80. The average molecular weight is 536 g/mol. The van der Waals surface area contributed by atoms with E-state index in [0.29, 0.717) is 10.8 Å². The van der Waals surface area contributed by atoms with Crippen molar-refractivity contribution in [2.45, 2.75) is 12.1 Å². The average Bonchev–Trinajstić information content (AvgIpc) is 3.51. The van der Waals surface area contributed by atoms with Gasteiger partial charge in [-0.3, -0.25) is 9.78 Å². The highest BCUT2D eigenvalue weighted by Gasteiger charge is 2.42. The van der Waals surface area contributed by atoms with Crippen molar-refractivity contribution in [3.63, 3.8) is 0 Å². The number of rotatable bonds is 7.